The molecule has 0 radical (unpaired) electrons. The van der Waals surface area contributed by atoms with Gasteiger partial charge in [-0.05, 0) is 12.8 Å². The van der Waals surface area contributed by atoms with Crippen LogP contribution in [-0.4, -0.2) is 17.1 Å². The smallest absolute Gasteiger partial charge is 0.306 e. The second-order valence-corrected chi connectivity index (χ2v) is 5.95. The Hall–Kier alpha value is -1.94. The average Bonchev–Trinajstić information content (AvgIpc) is 2.61. The van der Waals surface area contributed by atoms with Crippen LogP contribution in [0.1, 0.15) is 41.3 Å². The lowest BCUT2D eigenvalue weighted by molar-refractivity contribution is -0.147. The first-order chi connectivity index (χ1) is 11.2. The van der Waals surface area contributed by atoms with Crippen LogP contribution < -0.4 is 0 Å². The summed E-state index contributed by atoms with van der Waals surface area (Å²) in [6.45, 7) is 0. The molecular formula is C19H19BrO3. The molecule has 0 aliphatic rings. The van der Waals surface area contributed by atoms with Crippen molar-refractivity contribution < 1.29 is 14.3 Å². The number of ether oxygens (including phenoxy) is 1. The molecule has 23 heavy (non-hydrogen) atoms. The Morgan fingerprint density at radius 1 is 0.913 bits per heavy atom. The Kier molecular flexibility index (Phi) is 7.01. The first-order valence-electron chi connectivity index (χ1n) is 7.62. The summed E-state index contributed by atoms with van der Waals surface area (Å²) in [5.74, 6) is -0.547. The van der Waals surface area contributed by atoms with E-state index in [0.717, 1.165) is 18.2 Å². The summed E-state index contributed by atoms with van der Waals surface area (Å²) in [7, 11) is 0. The maximum absolute atomic E-state index is 12.7. The van der Waals surface area contributed by atoms with Crippen LogP contribution in [-0.2, 0) is 9.53 Å². The summed E-state index contributed by atoms with van der Waals surface area (Å²) in [6.07, 6.45) is 1.06. The third-order valence-corrected chi connectivity index (χ3v) is 3.97. The lowest BCUT2D eigenvalue weighted by Gasteiger charge is -2.17. The number of alkyl halides is 1. The van der Waals surface area contributed by atoms with Crippen molar-refractivity contribution in [2.75, 3.05) is 5.33 Å². The molecular weight excluding hydrogens is 356 g/mol. The van der Waals surface area contributed by atoms with Crippen LogP contribution in [0.15, 0.2) is 60.7 Å². The SMILES string of the molecule is O=C(CCCCBr)O[C@H](C(=O)c1ccccc1)c1ccccc1. The van der Waals surface area contributed by atoms with Gasteiger partial charge in [0.2, 0.25) is 5.78 Å². The van der Waals surface area contributed by atoms with Gasteiger partial charge in [-0.2, -0.15) is 0 Å². The first kappa shape index (κ1) is 17.4. The van der Waals surface area contributed by atoms with Gasteiger partial charge in [0.05, 0.1) is 0 Å². The van der Waals surface area contributed by atoms with Crippen LogP contribution in [0.25, 0.3) is 0 Å². The van der Waals surface area contributed by atoms with Crippen molar-refractivity contribution in [3.63, 3.8) is 0 Å². The number of hydrogen-bond acceptors (Lipinski definition) is 3. The molecule has 0 bridgehead atoms. The lowest BCUT2D eigenvalue weighted by atomic mass is 10.00. The summed E-state index contributed by atoms with van der Waals surface area (Å²) < 4.78 is 5.50. The second-order valence-electron chi connectivity index (χ2n) is 5.16. The van der Waals surface area contributed by atoms with E-state index in [1.165, 1.54) is 0 Å². The number of benzene rings is 2. The highest BCUT2D eigenvalue weighted by molar-refractivity contribution is 9.09. The fraction of sp³-hybridized carbons (Fsp3) is 0.263. The van der Waals surface area contributed by atoms with Gasteiger partial charge >= 0.3 is 5.97 Å². The first-order valence-corrected chi connectivity index (χ1v) is 8.74. The Labute approximate surface area is 144 Å². The number of ketones is 1. The van der Waals surface area contributed by atoms with Crippen LogP contribution in [0.4, 0.5) is 0 Å². The molecule has 4 heteroatoms. The molecule has 0 aliphatic heterocycles. The molecule has 0 heterocycles. The minimum Gasteiger partial charge on any atom is -0.449 e. The Morgan fingerprint density at radius 2 is 1.52 bits per heavy atom. The van der Waals surface area contributed by atoms with Crippen LogP contribution in [0, 0.1) is 0 Å². The van der Waals surface area contributed by atoms with E-state index in [1.54, 1.807) is 36.4 Å². The number of hydrogen-bond donors (Lipinski definition) is 0. The number of carbonyl (C=O) groups excluding carboxylic acids is 2. The molecule has 0 unspecified atom stereocenters. The van der Waals surface area contributed by atoms with Crippen molar-refractivity contribution in [2.45, 2.75) is 25.4 Å². The van der Waals surface area contributed by atoms with E-state index < -0.39 is 6.10 Å². The van der Waals surface area contributed by atoms with Gasteiger partial charge in [0.15, 0.2) is 6.10 Å². The van der Waals surface area contributed by atoms with Crippen molar-refractivity contribution >= 4 is 27.7 Å². The summed E-state index contributed by atoms with van der Waals surface area (Å²) in [4.78, 5) is 24.8. The van der Waals surface area contributed by atoms with Crippen molar-refractivity contribution in [3.8, 4) is 0 Å². The third-order valence-electron chi connectivity index (χ3n) is 3.41. The summed E-state index contributed by atoms with van der Waals surface area (Å²) in [5, 5.41) is 0.853. The standard InChI is InChI=1S/C19H19BrO3/c20-14-8-7-13-17(21)23-19(16-11-5-2-6-12-16)18(22)15-9-3-1-4-10-15/h1-6,9-12,19H,7-8,13-14H2/t19-/m0/s1. The van der Waals surface area contributed by atoms with E-state index in [1.807, 2.05) is 24.3 Å². The Balaban J connectivity index is 2.16. The molecule has 2 rings (SSSR count). The van der Waals surface area contributed by atoms with Crippen LogP contribution in [0.2, 0.25) is 0 Å². The van der Waals surface area contributed by atoms with Gasteiger partial charge < -0.3 is 4.74 Å². The molecule has 0 saturated heterocycles. The summed E-state index contributed by atoms with van der Waals surface area (Å²) >= 11 is 3.33. The minimum atomic E-state index is -0.893. The van der Waals surface area contributed by atoms with Gasteiger partial charge in [-0.3, -0.25) is 9.59 Å². The third kappa shape index (κ3) is 5.32. The van der Waals surface area contributed by atoms with Crippen LogP contribution >= 0.6 is 15.9 Å². The van der Waals surface area contributed by atoms with Gasteiger partial charge in [-0.25, -0.2) is 0 Å². The van der Waals surface area contributed by atoms with Crippen LogP contribution in [0.5, 0.6) is 0 Å². The van der Waals surface area contributed by atoms with Crippen molar-refractivity contribution in [1.29, 1.82) is 0 Å². The number of carbonyl (C=O) groups is 2. The monoisotopic (exact) mass is 374 g/mol. The minimum absolute atomic E-state index is 0.203. The maximum Gasteiger partial charge on any atom is 0.306 e. The molecule has 0 spiro atoms. The zero-order chi connectivity index (χ0) is 16.5. The molecule has 2 aromatic carbocycles. The Bertz CT molecular complexity index is 626. The molecule has 0 saturated carbocycles. The zero-order valence-electron chi connectivity index (χ0n) is 12.8. The van der Waals surface area contributed by atoms with Crippen molar-refractivity contribution in [3.05, 3.63) is 71.8 Å². The highest BCUT2D eigenvalue weighted by Gasteiger charge is 2.25. The molecule has 3 nitrogen and oxygen atoms in total. The molecule has 2 aromatic rings. The predicted molar refractivity (Wildman–Crippen MR) is 93.7 cm³/mol. The fourth-order valence-corrected chi connectivity index (χ4v) is 2.61. The predicted octanol–water partition coefficient (Wildman–Crippen LogP) is 4.72. The van der Waals surface area contributed by atoms with E-state index in [0.29, 0.717) is 17.5 Å². The van der Waals surface area contributed by atoms with Gasteiger partial charge in [0.25, 0.3) is 0 Å². The molecule has 0 fully saturated rings. The number of rotatable bonds is 8. The largest absolute Gasteiger partial charge is 0.449 e. The molecule has 0 aromatic heterocycles. The van der Waals surface area contributed by atoms with E-state index in [2.05, 4.69) is 15.9 Å². The molecule has 0 amide bonds. The second kappa shape index (κ2) is 9.26. The van der Waals surface area contributed by atoms with Gasteiger partial charge in [-0.1, -0.05) is 76.6 Å². The van der Waals surface area contributed by atoms with Crippen molar-refractivity contribution in [2.24, 2.45) is 0 Å². The van der Waals surface area contributed by atoms with Gasteiger partial charge in [0, 0.05) is 22.9 Å². The normalized spacial score (nSPS) is 11.7. The molecule has 0 aliphatic carbocycles. The summed E-state index contributed by atoms with van der Waals surface area (Å²) in [5.41, 5.74) is 1.23. The number of esters is 1. The zero-order valence-corrected chi connectivity index (χ0v) is 14.4. The molecule has 1 atom stereocenters. The van der Waals surface area contributed by atoms with Gasteiger partial charge in [0.1, 0.15) is 0 Å². The van der Waals surface area contributed by atoms with E-state index in [9.17, 15) is 9.59 Å². The van der Waals surface area contributed by atoms with E-state index in [4.69, 9.17) is 4.74 Å². The van der Waals surface area contributed by atoms with Gasteiger partial charge in [-0.15, -0.1) is 0 Å². The van der Waals surface area contributed by atoms with E-state index in [-0.39, 0.29) is 11.8 Å². The van der Waals surface area contributed by atoms with E-state index >= 15 is 0 Å². The number of unbranched alkanes of at least 4 members (excludes halogenated alkanes) is 1. The Morgan fingerprint density at radius 3 is 2.13 bits per heavy atom. The summed E-state index contributed by atoms with van der Waals surface area (Å²) in [6, 6.07) is 18.0. The highest BCUT2D eigenvalue weighted by atomic mass is 79.9. The van der Waals surface area contributed by atoms with Crippen LogP contribution in [0.3, 0.4) is 0 Å². The average molecular weight is 375 g/mol. The number of Topliss-reactive ketones (excluding diaryl/α,β-unsaturated/α-hetero) is 1. The maximum atomic E-state index is 12.7. The molecule has 0 N–H and O–H groups in total. The fourth-order valence-electron chi connectivity index (χ4n) is 2.21. The lowest BCUT2D eigenvalue weighted by Crippen LogP contribution is -2.20. The quantitative estimate of drug-likeness (QED) is 0.290. The topological polar surface area (TPSA) is 43.4 Å². The highest BCUT2D eigenvalue weighted by Crippen LogP contribution is 2.23. The number of halogens is 1. The van der Waals surface area contributed by atoms with Crippen molar-refractivity contribution in [1.82, 2.24) is 0 Å². The molecule has 120 valence electrons.